The predicted molar refractivity (Wildman–Crippen MR) is 125 cm³/mol. The van der Waals surface area contributed by atoms with E-state index in [1.54, 1.807) is 6.92 Å². The summed E-state index contributed by atoms with van der Waals surface area (Å²) in [4.78, 5) is 29.3. The van der Waals surface area contributed by atoms with E-state index in [2.05, 4.69) is 11.8 Å². The van der Waals surface area contributed by atoms with Crippen LogP contribution in [0, 0.1) is 40.9 Å². The summed E-state index contributed by atoms with van der Waals surface area (Å²) in [6.07, 6.45) is 10.6. The minimum Gasteiger partial charge on any atom is -0.390 e. The molecule has 4 saturated carbocycles. The molecule has 0 aromatic heterocycles. The van der Waals surface area contributed by atoms with Crippen molar-refractivity contribution in [2.75, 3.05) is 32.7 Å². The highest BCUT2D eigenvalue weighted by atomic mass is 16.3. The Bertz CT molecular complexity index is 743. The number of rotatable bonds is 3. The predicted octanol–water partition coefficient (Wildman–Crippen LogP) is 3.74. The Hall–Kier alpha value is -0.940. The quantitative estimate of drug-likeness (QED) is 0.720. The SMILES string of the molecule is CC(=O)N1CCN(CC(=O)[C@H]2CC[C@H]3[C@@H]4CC[C@@H]5C[C@](C)(O)CC[C@@H]5[C@H]4CC[C@]23C)CC1. The highest BCUT2D eigenvalue weighted by molar-refractivity contribution is 5.84. The van der Waals surface area contributed by atoms with E-state index in [1.165, 1.54) is 38.5 Å². The van der Waals surface area contributed by atoms with Crippen LogP contribution in [-0.4, -0.2) is 64.9 Å². The summed E-state index contributed by atoms with van der Waals surface area (Å²) in [5, 5.41) is 10.6. The van der Waals surface area contributed by atoms with Gasteiger partial charge in [-0.15, -0.1) is 0 Å². The molecule has 0 bridgehead atoms. The summed E-state index contributed by atoms with van der Waals surface area (Å²) in [7, 11) is 0. The molecule has 1 N–H and O–H groups in total. The fourth-order valence-electron chi connectivity index (χ4n) is 9.16. The first-order chi connectivity index (χ1) is 15.2. The van der Waals surface area contributed by atoms with Crippen molar-refractivity contribution >= 4 is 11.7 Å². The molecule has 4 aliphatic carbocycles. The fraction of sp³-hybridized carbons (Fsp3) is 0.926. The summed E-state index contributed by atoms with van der Waals surface area (Å²) < 4.78 is 0. The second-order valence-electron chi connectivity index (χ2n) is 12.6. The average molecular weight is 445 g/mol. The van der Waals surface area contributed by atoms with Crippen molar-refractivity contribution < 1.29 is 14.7 Å². The minimum absolute atomic E-state index is 0.148. The van der Waals surface area contributed by atoms with E-state index in [-0.39, 0.29) is 17.2 Å². The van der Waals surface area contributed by atoms with Crippen LogP contribution in [0.4, 0.5) is 0 Å². The van der Waals surface area contributed by atoms with E-state index in [1.807, 2.05) is 11.8 Å². The monoisotopic (exact) mass is 444 g/mol. The van der Waals surface area contributed by atoms with E-state index in [9.17, 15) is 14.7 Å². The molecule has 0 radical (unpaired) electrons. The molecule has 1 aliphatic heterocycles. The number of aliphatic hydroxyl groups is 1. The average Bonchev–Trinajstić information content (AvgIpc) is 3.10. The van der Waals surface area contributed by atoms with Crippen LogP contribution in [0.15, 0.2) is 0 Å². The molecule has 0 spiro atoms. The fourth-order valence-corrected chi connectivity index (χ4v) is 9.16. The van der Waals surface area contributed by atoms with Crippen molar-refractivity contribution in [2.24, 2.45) is 40.9 Å². The molecule has 5 aliphatic rings. The number of hydrogen-bond donors (Lipinski definition) is 1. The van der Waals surface area contributed by atoms with Gasteiger partial charge < -0.3 is 10.0 Å². The van der Waals surface area contributed by atoms with Gasteiger partial charge in [0.1, 0.15) is 5.78 Å². The van der Waals surface area contributed by atoms with Crippen molar-refractivity contribution in [3.8, 4) is 0 Å². The van der Waals surface area contributed by atoms with Gasteiger partial charge in [0, 0.05) is 39.0 Å². The number of ketones is 1. The first-order valence-electron chi connectivity index (χ1n) is 13.4. The lowest BCUT2D eigenvalue weighted by molar-refractivity contribution is -0.134. The van der Waals surface area contributed by atoms with E-state index in [0.717, 1.165) is 69.1 Å². The van der Waals surface area contributed by atoms with Crippen molar-refractivity contribution in [1.82, 2.24) is 9.80 Å². The molecule has 0 aromatic carbocycles. The maximum atomic E-state index is 13.5. The number of hydrogen-bond acceptors (Lipinski definition) is 4. The number of Topliss-reactive ketones (excluding diaryl/α,β-unsaturated/α-hetero) is 1. The number of nitrogens with zero attached hydrogens (tertiary/aromatic N) is 2. The van der Waals surface area contributed by atoms with E-state index >= 15 is 0 Å². The molecule has 1 saturated heterocycles. The molecule has 0 aromatic rings. The number of carbonyl (C=O) groups excluding carboxylic acids is 2. The molecule has 0 unspecified atom stereocenters. The Balaban J connectivity index is 1.22. The minimum atomic E-state index is -0.446. The zero-order chi connectivity index (χ0) is 22.7. The lowest BCUT2D eigenvalue weighted by Crippen LogP contribution is -2.52. The standard InChI is InChI=1S/C27H44N2O3/c1-18(30)29-14-12-28(13-15-29)17-25(31)24-7-6-23-22-5-4-19-16-26(2,32)10-8-20(19)21(22)9-11-27(23,24)3/h19-24,32H,4-17H2,1-3H3/t19-,20+,21-,22-,23+,24-,26-,27+/m1/s1. The van der Waals surface area contributed by atoms with Gasteiger partial charge >= 0.3 is 0 Å². The summed E-state index contributed by atoms with van der Waals surface area (Å²) >= 11 is 0. The maximum absolute atomic E-state index is 13.5. The normalized spacial score (nSPS) is 46.8. The zero-order valence-corrected chi connectivity index (χ0v) is 20.5. The molecule has 32 heavy (non-hydrogen) atoms. The van der Waals surface area contributed by atoms with Crippen molar-refractivity contribution in [3.63, 3.8) is 0 Å². The molecule has 1 heterocycles. The lowest BCUT2D eigenvalue weighted by Gasteiger charge is -2.57. The van der Waals surface area contributed by atoms with Gasteiger partial charge in [0.2, 0.25) is 5.91 Å². The van der Waals surface area contributed by atoms with Gasteiger partial charge in [-0.05, 0) is 99.7 Å². The number of carbonyl (C=O) groups is 2. The summed E-state index contributed by atoms with van der Waals surface area (Å²) in [5.74, 6) is 4.72. The maximum Gasteiger partial charge on any atom is 0.219 e. The molecule has 8 atom stereocenters. The molecule has 180 valence electrons. The highest BCUT2D eigenvalue weighted by Crippen LogP contribution is 2.64. The molecule has 5 nitrogen and oxygen atoms in total. The largest absolute Gasteiger partial charge is 0.390 e. The van der Waals surface area contributed by atoms with Crippen LogP contribution in [0.1, 0.15) is 78.6 Å². The van der Waals surface area contributed by atoms with Gasteiger partial charge in [0.15, 0.2) is 0 Å². The van der Waals surface area contributed by atoms with E-state index in [4.69, 9.17) is 0 Å². The van der Waals surface area contributed by atoms with Gasteiger partial charge in [0.05, 0.1) is 12.1 Å². The third-order valence-electron chi connectivity index (χ3n) is 10.8. The highest BCUT2D eigenvalue weighted by Gasteiger charge is 2.58. The Morgan fingerprint density at radius 2 is 1.59 bits per heavy atom. The summed E-state index contributed by atoms with van der Waals surface area (Å²) in [6, 6.07) is 0. The van der Waals surface area contributed by atoms with Crippen molar-refractivity contribution in [3.05, 3.63) is 0 Å². The third-order valence-corrected chi connectivity index (χ3v) is 10.8. The number of fused-ring (bicyclic) bond motifs is 5. The molecule has 5 rings (SSSR count). The van der Waals surface area contributed by atoms with Gasteiger partial charge in [-0.3, -0.25) is 14.5 Å². The van der Waals surface area contributed by atoms with Gasteiger partial charge in [-0.1, -0.05) is 6.92 Å². The molecule has 5 heteroatoms. The Labute approximate surface area is 194 Å². The Kier molecular flexibility index (Phi) is 5.97. The van der Waals surface area contributed by atoms with Gasteiger partial charge in [0.25, 0.3) is 0 Å². The Morgan fingerprint density at radius 3 is 2.31 bits per heavy atom. The van der Waals surface area contributed by atoms with E-state index in [0.29, 0.717) is 18.2 Å². The molecular formula is C27H44N2O3. The summed E-state index contributed by atoms with van der Waals surface area (Å²) in [5.41, 5.74) is -0.260. The zero-order valence-electron chi connectivity index (χ0n) is 20.5. The Morgan fingerprint density at radius 1 is 0.875 bits per heavy atom. The van der Waals surface area contributed by atoms with Gasteiger partial charge in [-0.2, -0.15) is 0 Å². The van der Waals surface area contributed by atoms with Crippen LogP contribution in [0.25, 0.3) is 0 Å². The smallest absolute Gasteiger partial charge is 0.219 e. The first-order valence-corrected chi connectivity index (χ1v) is 13.4. The summed E-state index contributed by atoms with van der Waals surface area (Å²) in [6.45, 7) is 9.88. The lowest BCUT2D eigenvalue weighted by atomic mass is 9.49. The second-order valence-corrected chi connectivity index (χ2v) is 12.6. The number of amides is 1. The van der Waals surface area contributed by atoms with Crippen LogP contribution < -0.4 is 0 Å². The molecular weight excluding hydrogens is 400 g/mol. The molecule has 1 amide bonds. The van der Waals surface area contributed by atoms with Crippen LogP contribution in [0.5, 0.6) is 0 Å². The van der Waals surface area contributed by atoms with Crippen molar-refractivity contribution in [1.29, 1.82) is 0 Å². The first kappa shape index (κ1) is 22.8. The van der Waals surface area contributed by atoms with Crippen molar-refractivity contribution in [2.45, 2.75) is 84.2 Å². The van der Waals surface area contributed by atoms with Crippen LogP contribution in [0.3, 0.4) is 0 Å². The van der Waals surface area contributed by atoms with Crippen LogP contribution in [-0.2, 0) is 9.59 Å². The molecule has 5 fully saturated rings. The topological polar surface area (TPSA) is 60.9 Å². The van der Waals surface area contributed by atoms with E-state index < -0.39 is 5.60 Å². The third kappa shape index (κ3) is 3.96. The second kappa shape index (κ2) is 8.37. The van der Waals surface area contributed by atoms with Gasteiger partial charge in [-0.25, -0.2) is 0 Å². The van der Waals surface area contributed by atoms with Crippen LogP contribution >= 0.6 is 0 Å². The van der Waals surface area contributed by atoms with Crippen LogP contribution in [0.2, 0.25) is 0 Å². The number of piperazine rings is 1.